The minimum atomic E-state index is -1.57. The van der Waals surface area contributed by atoms with Crippen LogP contribution in [0.3, 0.4) is 0 Å². The highest BCUT2D eigenvalue weighted by Crippen LogP contribution is 2.32. The summed E-state index contributed by atoms with van der Waals surface area (Å²) in [6.45, 7) is 0. The Balaban J connectivity index is 2.14. The Bertz CT molecular complexity index is 827. The normalized spacial score (nSPS) is 12.0. The van der Waals surface area contributed by atoms with E-state index in [2.05, 4.69) is 4.98 Å². The number of nitrogens with zero attached hydrogens (tertiary/aromatic N) is 1. The number of benzene rings is 2. The predicted molar refractivity (Wildman–Crippen MR) is 93.9 cm³/mol. The largest absolute Gasteiger partial charge is 0.366 e. The van der Waals surface area contributed by atoms with Crippen molar-refractivity contribution >= 4 is 16.7 Å². The zero-order chi connectivity index (χ0) is 16.9. The standard InChI is InChI=1S/C19H16N2O2S/c20-18(22)16-12-7-13-21-19(16)24(23)17(14-8-3-1-4-9-14)15-10-5-2-6-11-15/h1-13,17H,(H2,20,22). The van der Waals surface area contributed by atoms with Crippen molar-refractivity contribution in [2.75, 3.05) is 0 Å². The Morgan fingerprint density at radius 1 is 0.875 bits per heavy atom. The Kier molecular flexibility index (Phi) is 4.82. The van der Waals surface area contributed by atoms with E-state index in [-0.39, 0.29) is 10.6 Å². The summed E-state index contributed by atoms with van der Waals surface area (Å²) >= 11 is 0. The summed E-state index contributed by atoms with van der Waals surface area (Å²) in [5, 5.41) is -0.219. The van der Waals surface area contributed by atoms with Crippen LogP contribution in [-0.4, -0.2) is 15.1 Å². The smallest absolute Gasteiger partial charge is 0.251 e. The van der Waals surface area contributed by atoms with Crippen LogP contribution in [0, 0.1) is 0 Å². The number of nitrogens with two attached hydrogens (primary N) is 1. The molecule has 0 aliphatic heterocycles. The van der Waals surface area contributed by atoms with Crippen molar-refractivity contribution in [2.45, 2.75) is 10.3 Å². The molecule has 3 aromatic rings. The first kappa shape index (κ1) is 16.1. The molecule has 3 rings (SSSR count). The number of carbonyl (C=O) groups is 1. The summed E-state index contributed by atoms with van der Waals surface area (Å²) < 4.78 is 13.3. The van der Waals surface area contributed by atoms with Gasteiger partial charge >= 0.3 is 0 Å². The predicted octanol–water partition coefficient (Wildman–Crippen LogP) is 3.08. The van der Waals surface area contributed by atoms with Crippen LogP contribution in [0.5, 0.6) is 0 Å². The molecule has 5 heteroatoms. The lowest BCUT2D eigenvalue weighted by Crippen LogP contribution is -2.18. The minimum absolute atomic E-state index is 0.188. The quantitative estimate of drug-likeness (QED) is 0.778. The third-order valence-corrected chi connectivity index (χ3v) is 5.32. The van der Waals surface area contributed by atoms with Crippen LogP contribution < -0.4 is 5.73 Å². The van der Waals surface area contributed by atoms with Crippen LogP contribution in [-0.2, 0) is 10.8 Å². The summed E-state index contributed by atoms with van der Waals surface area (Å²) in [6.07, 6.45) is 1.52. The molecule has 0 aliphatic rings. The van der Waals surface area contributed by atoms with Crippen molar-refractivity contribution in [1.29, 1.82) is 0 Å². The Hall–Kier alpha value is -2.79. The lowest BCUT2D eigenvalue weighted by atomic mass is 10.0. The number of hydrogen-bond acceptors (Lipinski definition) is 3. The summed E-state index contributed by atoms with van der Waals surface area (Å²) in [5.74, 6) is -0.633. The summed E-state index contributed by atoms with van der Waals surface area (Å²) in [6, 6.07) is 22.2. The monoisotopic (exact) mass is 336 g/mol. The highest BCUT2D eigenvalue weighted by atomic mass is 32.2. The van der Waals surface area contributed by atoms with Crippen LogP contribution in [0.1, 0.15) is 26.7 Å². The van der Waals surface area contributed by atoms with Crippen molar-refractivity contribution in [2.24, 2.45) is 5.73 Å². The third kappa shape index (κ3) is 3.26. The lowest BCUT2D eigenvalue weighted by Gasteiger charge is -2.18. The first-order valence-electron chi connectivity index (χ1n) is 7.44. The van der Waals surface area contributed by atoms with E-state index in [1.807, 2.05) is 60.7 Å². The second-order valence-electron chi connectivity index (χ2n) is 5.22. The van der Waals surface area contributed by atoms with Crippen molar-refractivity contribution in [3.63, 3.8) is 0 Å². The number of rotatable bonds is 5. The first-order valence-corrected chi connectivity index (χ1v) is 8.65. The molecule has 0 saturated carbocycles. The highest BCUT2D eigenvalue weighted by molar-refractivity contribution is 7.85. The molecular weight excluding hydrogens is 320 g/mol. The van der Waals surface area contributed by atoms with Gasteiger partial charge in [0.2, 0.25) is 0 Å². The molecule has 1 heterocycles. The molecule has 24 heavy (non-hydrogen) atoms. The van der Waals surface area contributed by atoms with Crippen LogP contribution >= 0.6 is 0 Å². The van der Waals surface area contributed by atoms with Gasteiger partial charge in [0.15, 0.2) is 0 Å². The minimum Gasteiger partial charge on any atom is -0.366 e. The van der Waals surface area contributed by atoms with Crippen LogP contribution in [0.25, 0.3) is 0 Å². The van der Waals surface area contributed by atoms with Gasteiger partial charge in [0.05, 0.1) is 21.6 Å². The molecule has 4 nitrogen and oxygen atoms in total. The van der Waals surface area contributed by atoms with Gasteiger partial charge in [0.1, 0.15) is 5.03 Å². The first-order chi connectivity index (χ1) is 11.7. The molecule has 0 bridgehead atoms. The van der Waals surface area contributed by atoms with Gasteiger partial charge in [-0.3, -0.25) is 9.00 Å². The Morgan fingerprint density at radius 2 is 1.42 bits per heavy atom. The molecular formula is C19H16N2O2S. The van der Waals surface area contributed by atoms with Gasteiger partial charge in [-0.2, -0.15) is 0 Å². The number of aromatic nitrogens is 1. The second-order valence-corrected chi connectivity index (χ2v) is 6.67. The molecule has 0 radical (unpaired) electrons. The average Bonchev–Trinajstić information content (AvgIpc) is 2.63. The van der Waals surface area contributed by atoms with Gasteiger partial charge in [0.25, 0.3) is 5.91 Å². The van der Waals surface area contributed by atoms with Gasteiger partial charge in [0, 0.05) is 6.20 Å². The van der Waals surface area contributed by atoms with Crippen molar-refractivity contribution in [1.82, 2.24) is 4.98 Å². The Labute approximate surface area is 142 Å². The molecule has 2 aromatic carbocycles. The van der Waals surface area contributed by atoms with Gasteiger partial charge in [-0.15, -0.1) is 0 Å². The molecule has 1 aromatic heterocycles. The van der Waals surface area contributed by atoms with Crippen LogP contribution in [0.15, 0.2) is 84.0 Å². The van der Waals surface area contributed by atoms with Crippen molar-refractivity contribution in [3.8, 4) is 0 Å². The second kappa shape index (κ2) is 7.19. The fraction of sp³-hybridized carbons (Fsp3) is 0.0526. The van der Waals surface area contributed by atoms with Crippen LogP contribution in [0.4, 0.5) is 0 Å². The number of carbonyl (C=O) groups excluding carboxylic acids is 1. The maximum absolute atomic E-state index is 13.3. The third-order valence-electron chi connectivity index (χ3n) is 3.65. The van der Waals surface area contributed by atoms with E-state index in [1.165, 1.54) is 6.20 Å². The molecule has 0 fully saturated rings. The number of pyridine rings is 1. The van der Waals surface area contributed by atoms with Crippen LogP contribution in [0.2, 0.25) is 0 Å². The molecule has 1 atom stereocenters. The zero-order valence-electron chi connectivity index (χ0n) is 12.8. The number of amides is 1. The molecule has 0 spiro atoms. The van der Waals surface area contributed by atoms with E-state index in [9.17, 15) is 9.00 Å². The zero-order valence-corrected chi connectivity index (χ0v) is 13.6. The fourth-order valence-electron chi connectivity index (χ4n) is 2.55. The molecule has 1 unspecified atom stereocenters. The highest BCUT2D eigenvalue weighted by Gasteiger charge is 2.26. The topological polar surface area (TPSA) is 73.1 Å². The molecule has 0 aliphatic carbocycles. The lowest BCUT2D eigenvalue weighted by molar-refractivity contribution is 0.0996. The summed E-state index contributed by atoms with van der Waals surface area (Å²) in [7, 11) is -1.57. The maximum Gasteiger partial charge on any atom is 0.251 e. The van der Waals surface area contributed by atoms with Gasteiger partial charge in [-0.25, -0.2) is 4.98 Å². The van der Waals surface area contributed by atoms with Crippen molar-refractivity contribution in [3.05, 3.63) is 95.7 Å². The van der Waals surface area contributed by atoms with E-state index >= 15 is 0 Å². The molecule has 1 amide bonds. The molecule has 0 saturated heterocycles. The molecule has 120 valence electrons. The van der Waals surface area contributed by atoms with E-state index < -0.39 is 22.0 Å². The SMILES string of the molecule is NC(=O)c1cccnc1S(=O)C(c1ccccc1)c1ccccc1. The number of primary amides is 1. The average molecular weight is 336 g/mol. The molecule has 2 N–H and O–H groups in total. The van der Waals surface area contributed by atoms with E-state index in [0.717, 1.165) is 11.1 Å². The fourth-order valence-corrected chi connectivity index (χ4v) is 4.13. The summed E-state index contributed by atoms with van der Waals surface area (Å²) in [4.78, 5) is 15.8. The van der Waals surface area contributed by atoms with Gasteiger partial charge < -0.3 is 5.73 Å². The Morgan fingerprint density at radius 3 is 1.92 bits per heavy atom. The van der Waals surface area contributed by atoms with Crippen molar-refractivity contribution < 1.29 is 9.00 Å². The summed E-state index contributed by atoms with van der Waals surface area (Å²) in [5.41, 5.74) is 7.39. The van der Waals surface area contributed by atoms with Gasteiger partial charge in [-0.1, -0.05) is 60.7 Å². The van der Waals surface area contributed by atoms with Gasteiger partial charge in [-0.05, 0) is 23.3 Å². The van der Waals surface area contributed by atoms with E-state index in [4.69, 9.17) is 5.73 Å². The number of hydrogen-bond donors (Lipinski definition) is 1. The van der Waals surface area contributed by atoms with E-state index in [0.29, 0.717) is 0 Å². The van der Waals surface area contributed by atoms with E-state index in [1.54, 1.807) is 12.1 Å². The maximum atomic E-state index is 13.3.